The largest absolute Gasteiger partial charge is 0.361 e. The molecular weight excluding hydrogens is 248 g/mol. The van der Waals surface area contributed by atoms with Crippen LogP contribution in [0.5, 0.6) is 0 Å². The van der Waals surface area contributed by atoms with E-state index in [0.29, 0.717) is 5.69 Å². The van der Waals surface area contributed by atoms with Gasteiger partial charge in [0.05, 0.1) is 4.92 Å². The molecule has 4 N–H and O–H groups in total. The van der Waals surface area contributed by atoms with Crippen LogP contribution in [0.1, 0.15) is 37.8 Å². The molecule has 0 unspecified atom stereocenters. The highest BCUT2D eigenvalue weighted by Gasteiger charge is 2.24. The quantitative estimate of drug-likeness (QED) is 0.431. The molecule has 0 saturated heterocycles. The Morgan fingerprint density at radius 2 is 2.00 bits per heavy atom. The second kappa shape index (κ2) is 5.79. The molecule has 0 aromatic carbocycles. The number of hydrogen-bond acceptors (Lipinski definition) is 7. The van der Waals surface area contributed by atoms with Crippen LogP contribution < -0.4 is 16.6 Å². The highest BCUT2D eigenvalue weighted by atomic mass is 16.6. The minimum atomic E-state index is -0.458. The molecule has 1 fully saturated rings. The molecule has 104 valence electrons. The standard InChI is InChI=1S/C11H18N6O2/c1-7-9(17(18)19)10(15-11(13-7)16-12)14-8-5-3-2-4-6-8/h8H,2-6,12H2,1H3,(H2,13,14,15,16). The summed E-state index contributed by atoms with van der Waals surface area (Å²) < 4.78 is 0. The van der Waals surface area contributed by atoms with Crippen LogP contribution in [0.2, 0.25) is 0 Å². The summed E-state index contributed by atoms with van der Waals surface area (Å²) in [5.74, 6) is 5.70. The number of aromatic nitrogens is 2. The molecule has 1 aromatic heterocycles. The van der Waals surface area contributed by atoms with Gasteiger partial charge < -0.3 is 5.32 Å². The van der Waals surface area contributed by atoms with E-state index >= 15 is 0 Å². The van der Waals surface area contributed by atoms with Crippen LogP contribution in [0.3, 0.4) is 0 Å². The lowest BCUT2D eigenvalue weighted by Gasteiger charge is -2.23. The zero-order valence-corrected chi connectivity index (χ0v) is 10.8. The Kier molecular flexibility index (Phi) is 4.10. The van der Waals surface area contributed by atoms with E-state index in [9.17, 15) is 10.1 Å². The summed E-state index contributed by atoms with van der Waals surface area (Å²) in [5.41, 5.74) is 2.55. The van der Waals surface area contributed by atoms with Crippen molar-refractivity contribution in [1.29, 1.82) is 0 Å². The number of nitro groups is 1. The number of nitrogens with two attached hydrogens (primary N) is 1. The summed E-state index contributed by atoms with van der Waals surface area (Å²) in [5, 5.41) is 14.3. The maximum absolute atomic E-state index is 11.1. The Bertz CT molecular complexity index is 472. The van der Waals surface area contributed by atoms with Crippen molar-refractivity contribution in [2.45, 2.75) is 45.1 Å². The molecule has 1 saturated carbocycles. The highest BCUT2D eigenvalue weighted by molar-refractivity contribution is 5.61. The summed E-state index contributed by atoms with van der Waals surface area (Å²) in [6.07, 6.45) is 5.50. The highest BCUT2D eigenvalue weighted by Crippen LogP contribution is 2.29. The SMILES string of the molecule is Cc1nc(NN)nc(NC2CCCCC2)c1[N+](=O)[O-]. The fraction of sp³-hybridized carbons (Fsp3) is 0.636. The van der Waals surface area contributed by atoms with Crippen molar-refractivity contribution in [3.05, 3.63) is 15.8 Å². The number of hydrazine groups is 1. The fourth-order valence-electron chi connectivity index (χ4n) is 2.39. The third-order valence-electron chi connectivity index (χ3n) is 3.32. The van der Waals surface area contributed by atoms with Gasteiger partial charge in [0, 0.05) is 6.04 Å². The van der Waals surface area contributed by atoms with Gasteiger partial charge in [-0.3, -0.25) is 15.5 Å². The first kappa shape index (κ1) is 13.5. The smallest absolute Gasteiger partial charge is 0.332 e. The topological polar surface area (TPSA) is 119 Å². The van der Waals surface area contributed by atoms with Crippen molar-refractivity contribution in [2.24, 2.45) is 5.84 Å². The molecule has 1 aromatic rings. The number of nitrogens with one attached hydrogen (secondary N) is 2. The first-order chi connectivity index (χ1) is 9.11. The molecule has 8 heteroatoms. The van der Waals surface area contributed by atoms with E-state index in [1.54, 1.807) is 6.92 Å². The molecule has 0 radical (unpaired) electrons. The summed E-state index contributed by atoms with van der Waals surface area (Å²) in [7, 11) is 0. The average molecular weight is 266 g/mol. The van der Waals surface area contributed by atoms with Crippen LogP contribution >= 0.6 is 0 Å². The molecule has 0 bridgehead atoms. The summed E-state index contributed by atoms with van der Waals surface area (Å²) in [6, 6.07) is 0.229. The Labute approximate surface area is 110 Å². The number of rotatable bonds is 4. The average Bonchev–Trinajstić information content (AvgIpc) is 2.38. The molecule has 0 atom stereocenters. The zero-order chi connectivity index (χ0) is 13.8. The van der Waals surface area contributed by atoms with E-state index in [1.807, 2.05) is 0 Å². The molecule has 0 aliphatic heterocycles. The Morgan fingerprint density at radius 3 is 2.58 bits per heavy atom. The van der Waals surface area contributed by atoms with Gasteiger partial charge in [-0.2, -0.15) is 4.98 Å². The minimum absolute atomic E-state index is 0.0791. The third kappa shape index (κ3) is 3.08. The first-order valence-corrected chi connectivity index (χ1v) is 6.38. The van der Waals surface area contributed by atoms with Gasteiger partial charge in [0.2, 0.25) is 11.8 Å². The molecule has 1 aliphatic rings. The van der Waals surface area contributed by atoms with E-state index in [2.05, 4.69) is 20.7 Å². The Balaban J connectivity index is 2.29. The molecule has 1 aliphatic carbocycles. The maximum Gasteiger partial charge on any atom is 0.332 e. The lowest BCUT2D eigenvalue weighted by molar-refractivity contribution is -0.385. The number of hydrogen-bond donors (Lipinski definition) is 3. The van der Waals surface area contributed by atoms with Crippen LogP contribution in [0, 0.1) is 17.0 Å². The van der Waals surface area contributed by atoms with Gasteiger partial charge in [-0.15, -0.1) is 0 Å². The van der Waals surface area contributed by atoms with E-state index in [4.69, 9.17) is 5.84 Å². The van der Waals surface area contributed by atoms with E-state index in [1.165, 1.54) is 6.42 Å². The van der Waals surface area contributed by atoms with Crippen molar-refractivity contribution in [2.75, 3.05) is 10.7 Å². The van der Waals surface area contributed by atoms with Gasteiger partial charge in [-0.1, -0.05) is 19.3 Å². The number of nitrogen functional groups attached to an aromatic ring is 1. The van der Waals surface area contributed by atoms with Crippen LogP contribution in [-0.4, -0.2) is 20.9 Å². The Morgan fingerprint density at radius 1 is 1.32 bits per heavy atom. The summed E-state index contributed by atoms with van der Waals surface area (Å²) >= 11 is 0. The van der Waals surface area contributed by atoms with Crippen LogP contribution in [0.4, 0.5) is 17.5 Å². The third-order valence-corrected chi connectivity index (χ3v) is 3.32. The lowest BCUT2D eigenvalue weighted by Crippen LogP contribution is -2.24. The molecule has 8 nitrogen and oxygen atoms in total. The molecular formula is C11H18N6O2. The first-order valence-electron chi connectivity index (χ1n) is 6.38. The van der Waals surface area contributed by atoms with Gasteiger partial charge in [0.15, 0.2) is 0 Å². The van der Waals surface area contributed by atoms with Gasteiger partial charge in [0.1, 0.15) is 5.69 Å². The number of anilines is 2. The van der Waals surface area contributed by atoms with Crippen LogP contribution in [-0.2, 0) is 0 Å². The zero-order valence-electron chi connectivity index (χ0n) is 10.8. The number of aryl methyl sites for hydroxylation is 1. The van der Waals surface area contributed by atoms with Gasteiger partial charge in [-0.05, 0) is 19.8 Å². The van der Waals surface area contributed by atoms with E-state index < -0.39 is 4.92 Å². The van der Waals surface area contributed by atoms with Crippen LogP contribution in [0.15, 0.2) is 0 Å². The second-order valence-corrected chi connectivity index (χ2v) is 4.71. The monoisotopic (exact) mass is 266 g/mol. The lowest BCUT2D eigenvalue weighted by atomic mass is 9.95. The second-order valence-electron chi connectivity index (χ2n) is 4.71. The summed E-state index contributed by atoms with van der Waals surface area (Å²) in [4.78, 5) is 18.7. The van der Waals surface area contributed by atoms with Gasteiger partial charge in [-0.25, -0.2) is 10.8 Å². The molecule has 1 heterocycles. The maximum atomic E-state index is 11.1. The fourth-order valence-corrected chi connectivity index (χ4v) is 2.39. The van der Waals surface area contributed by atoms with Crippen LogP contribution in [0.25, 0.3) is 0 Å². The van der Waals surface area contributed by atoms with Crippen molar-refractivity contribution in [3.63, 3.8) is 0 Å². The summed E-state index contributed by atoms with van der Waals surface area (Å²) in [6.45, 7) is 1.58. The normalized spacial score (nSPS) is 16.1. The van der Waals surface area contributed by atoms with Crippen molar-refractivity contribution < 1.29 is 4.92 Å². The minimum Gasteiger partial charge on any atom is -0.361 e. The molecule has 0 spiro atoms. The molecule has 19 heavy (non-hydrogen) atoms. The van der Waals surface area contributed by atoms with E-state index in [0.717, 1.165) is 25.7 Å². The van der Waals surface area contributed by atoms with Crippen molar-refractivity contribution in [3.8, 4) is 0 Å². The molecule has 0 amide bonds. The predicted molar refractivity (Wildman–Crippen MR) is 71.7 cm³/mol. The predicted octanol–water partition coefficient (Wildman–Crippen LogP) is 1.72. The number of nitrogens with zero attached hydrogens (tertiary/aromatic N) is 3. The van der Waals surface area contributed by atoms with E-state index in [-0.39, 0.29) is 23.5 Å². The van der Waals surface area contributed by atoms with Crippen molar-refractivity contribution >= 4 is 17.5 Å². The Hall–Kier alpha value is -1.96. The molecule has 2 rings (SSSR count). The van der Waals surface area contributed by atoms with Gasteiger partial charge in [0.25, 0.3) is 0 Å². The van der Waals surface area contributed by atoms with Crippen molar-refractivity contribution in [1.82, 2.24) is 9.97 Å². The van der Waals surface area contributed by atoms with Gasteiger partial charge >= 0.3 is 5.69 Å².